The molecule has 0 aromatic carbocycles. The van der Waals surface area contributed by atoms with Crippen LogP contribution < -0.4 is 5.32 Å². The molecule has 1 rings (SSSR count). The van der Waals surface area contributed by atoms with Gasteiger partial charge in [-0.2, -0.15) is 0 Å². The van der Waals surface area contributed by atoms with Crippen LogP contribution in [0, 0.1) is 6.92 Å². The van der Waals surface area contributed by atoms with Crippen LogP contribution in [0.5, 0.6) is 0 Å². The number of hydrogen-bond donors (Lipinski definition) is 1. The van der Waals surface area contributed by atoms with Crippen molar-refractivity contribution in [2.24, 2.45) is 0 Å². The molecule has 19 heavy (non-hydrogen) atoms. The second-order valence-electron chi connectivity index (χ2n) is 4.52. The maximum Gasteiger partial charge on any atom is 0.223 e. The lowest BCUT2D eigenvalue weighted by Crippen LogP contribution is -2.33. The molecule has 1 unspecified atom stereocenters. The number of aryl methyl sites for hydroxylation is 1. The van der Waals surface area contributed by atoms with E-state index in [0.29, 0.717) is 13.0 Å². The Bertz CT molecular complexity index is 404. The summed E-state index contributed by atoms with van der Waals surface area (Å²) in [6, 6.07) is 0.109. The van der Waals surface area contributed by atoms with Gasteiger partial charge in [0.05, 0.1) is 11.4 Å². The van der Waals surface area contributed by atoms with Crippen LogP contribution in [0.3, 0.4) is 0 Å². The van der Waals surface area contributed by atoms with Gasteiger partial charge in [-0.05, 0) is 27.7 Å². The minimum absolute atomic E-state index is 0.109. The van der Waals surface area contributed by atoms with E-state index in [1.807, 2.05) is 32.6 Å². The predicted molar refractivity (Wildman–Crippen MR) is 75.7 cm³/mol. The number of nitrogens with one attached hydrogen (secondary N) is 1. The van der Waals surface area contributed by atoms with Gasteiger partial charge in [0, 0.05) is 44.5 Å². The van der Waals surface area contributed by atoms with E-state index in [-0.39, 0.29) is 11.9 Å². The molecular formula is C14H24N4O. The van der Waals surface area contributed by atoms with Crippen LogP contribution in [0.1, 0.15) is 44.6 Å². The Labute approximate surface area is 115 Å². The van der Waals surface area contributed by atoms with Gasteiger partial charge in [-0.25, -0.2) is 0 Å². The van der Waals surface area contributed by atoms with Crippen molar-refractivity contribution in [3.8, 4) is 0 Å². The summed E-state index contributed by atoms with van der Waals surface area (Å²) in [6.07, 6.45) is 3.91. The van der Waals surface area contributed by atoms with E-state index in [0.717, 1.165) is 24.5 Å². The molecule has 0 bridgehead atoms. The highest BCUT2D eigenvalue weighted by Crippen LogP contribution is 2.11. The highest BCUT2D eigenvalue weighted by Gasteiger charge is 2.12. The van der Waals surface area contributed by atoms with Crippen LogP contribution in [-0.4, -0.2) is 40.4 Å². The quantitative estimate of drug-likeness (QED) is 0.814. The standard InChI is InChI=1S/C14H24N4O/c1-5-18(6-2)13(19)7-8-15-11(3)14-12(4)16-9-10-17-14/h9-11,15H,5-8H2,1-4H3. The van der Waals surface area contributed by atoms with Crippen LogP contribution in [0.2, 0.25) is 0 Å². The molecule has 1 atom stereocenters. The van der Waals surface area contributed by atoms with Gasteiger partial charge in [0.25, 0.3) is 0 Å². The van der Waals surface area contributed by atoms with E-state index in [4.69, 9.17) is 0 Å². The highest BCUT2D eigenvalue weighted by molar-refractivity contribution is 5.76. The maximum absolute atomic E-state index is 11.8. The second-order valence-corrected chi connectivity index (χ2v) is 4.52. The van der Waals surface area contributed by atoms with Crippen LogP contribution in [0.25, 0.3) is 0 Å². The predicted octanol–water partition coefficient (Wildman–Crippen LogP) is 1.69. The molecule has 0 aliphatic heterocycles. The molecule has 1 heterocycles. The summed E-state index contributed by atoms with van der Waals surface area (Å²) in [7, 11) is 0. The largest absolute Gasteiger partial charge is 0.343 e. The van der Waals surface area contributed by atoms with Gasteiger partial charge in [0.15, 0.2) is 0 Å². The lowest BCUT2D eigenvalue weighted by atomic mass is 10.2. The molecule has 1 aromatic rings. The molecule has 106 valence electrons. The van der Waals surface area contributed by atoms with E-state index < -0.39 is 0 Å². The van der Waals surface area contributed by atoms with Crippen LogP contribution in [0.4, 0.5) is 0 Å². The number of rotatable bonds is 7. The van der Waals surface area contributed by atoms with Gasteiger partial charge in [0.2, 0.25) is 5.91 Å². The van der Waals surface area contributed by atoms with Crippen molar-refractivity contribution in [3.63, 3.8) is 0 Å². The summed E-state index contributed by atoms with van der Waals surface area (Å²) in [4.78, 5) is 22.2. The molecule has 5 heteroatoms. The first-order valence-corrected chi connectivity index (χ1v) is 6.88. The average molecular weight is 264 g/mol. The van der Waals surface area contributed by atoms with Crippen molar-refractivity contribution in [1.29, 1.82) is 0 Å². The minimum atomic E-state index is 0.109. The Morgan fingerprint density at radius 1 is 1.32 bits per heavy atom. The normalized spacial score (nSPS) is 12.2. The zero-order valence-electron chi connectivity index (χ0n) is 12.3. The van der Waals surface area contributed by atoms with Crippen molar-refractivity contribution < 1.29 is 4.79 Å². The van der Waals surface area contributed by atoms with E-state index in [9.17, 15) is 4.79 Å². The lowest BCUT2D eigenvalue weighted by molar-refractivity contribution is -0.130. The van der Waals surface area contributed by atoms with Crippen molar-refractivity contribution >= 4 is 5.91 Å². The van der Waals surface area contributed by atoms with Gasteiger partial charge in [0.1, 0.15) is 0 Å². The van der Waals surface area contributed by atoms with Gasteiger partial charge in [-0.3, -0.25) is 14.8 Å². The highest BCUT2D eigenvalue weighted by atomic mass is 16.2. The molecule has 0 aliphatic carbocycles. The minimum Gasteiger partial charge on any atom is -0.343 e. The topological polar surface area (TPSA) is 58.1 Å². The summed E-state index contributed by atoms with van der Waals surface area (Å²) < 4.78 is 0. The second kappa shape index (κ2) is 7.84. The van der Waals surface area contributed by atoms with E-state index in [2.05, 4.69) is 15.3 Å². The van der Waals surface area contributed by atoms with Gasteiger partial charge in [-0.1, -0.05) is 0 Å². The first kappa shape index (κ1) is 15.6. The third kappa shape index (κ3) is 4.59. The number of carbonyl (C=O) groups excluding carboxylic acids is 1. The van der Waals surface area contributed by atoms with Crippen molar-refractivity contribution in [2.75, 3.05) is 19.6 Å². The summed E-state index contributed by atoms with van der Waals surface area (Å²) in [5, 5.41) is 3.32. The fourth-order valence-corrected chi connectivity index (χ4v) is 2.07. The molecule has 1 amide bonds. The fourth-order valence-electron chi connectivity index (χ4n) is 2.07. The molecule has 5 nitrogen and oxygen atoms in total. The van der Waals surface area contributed by atoms with Crippen molar-refractivity contribution in [1.82, 2.24) is 20.2 Å². The molecule has 0 aliphatic rings. The Balaban J connectivity index is 2.41. The number of amides is 1. The van der Waals surface area contributed by atoms with Crippen molar-refractivity contribution in [3.05, 3.63) is 23.8 Å². The van der Waals surface area contributed by atoms with E-state index in [1.165, 1.54) is 0 Å². The van der Waals surface area contributed by atoms with Crippen molar-refractivity contribution in [2.45, 2.75) is 40.2 Å². The molecular weight excluding hydrogens is 240 g/mol. The Hall–Kier alpha value is -1.49. The molecule has 0 radical (unpaired) electrons. The van der Waals surface area contributed by atoms with Crippen LogP contribution in [-0.2, 0) is 4.79 Å². The summed E-state index contributed by atoms with van der Waals surface area (Å²) in [6.45, 7) is 10.2. The summed E-state index contributed by atoms with van der Waals surface area (Å²) in [5.74, 6) is 0.195. The fraction of sp³-hybridized carbons (Fsp3) is 0.643. The zero-order chi connectivity index (χ0) is 14.3. The smallest absolute Gasteiger partial charge is 0.223 e. The summed E-state index contributed by atoms with van der Waals surface area (Å²) >= 11 is 0. The first-order valence-electron chi connectivity index (χ1n) is 6.88. The Morgan fingerprint density at radius 3 is 2.53 bits per heavy atom. The molecule has 0 saturated heterocycles. The van der Waals surface area contributed by atoms with Crippen LogP contribution >= 0.6 is 0 Å². The third-order valence-electron chi connectivity index (χ3n) is 3.23. The molecule has 1 N–H and O–H groups in total. The number of nitrogens with zero attached hydrogens (tertiary/aromatic N) is 3. The molecule has 1 aromatic heterocycles. The Kier molecular flexibility index (Phi) is 6.42. The van der Waals surface area contributed by atoms with Gasteiger partial charge < -0.3 is 10.2 Å². The number of aromatic nitrogens is 2. The van der Waals surface area contributed by atoms with Gasteiger partial charge >= 0.3 is 0 Å². The van der Waals surface area contributed by atoms with Gasteiger partial charge in [-0.15, -0.1) is 0 Å². The zero-order valence-corrected chi connectivity index (χ0v) is 12.3. The lowest BCUT2D eigenvalue weighted by Gasteiger charge is -2.20. The average Bonchev–Trinajstić information content (AvgIpc) is 2.40. The maximum atomic E-state index is 11.8. The van der Waals surface area contributed by atoms with E-state index >= 15 is 0 Å². The third-order valence-corrected chi connectivity index (χ3v) is 3.23. The first-order chi connectivity index (χ1) is 9.10. The SMILES string of the molecule is CCN(CC)C(=O)CCNC(C)c1nccnc1C. The van der Waals surface area contributed by atoms with E-state index in [1.54, 1.807) is 12.4 Å². The monoisotopic (exact) mass is 264 g/mol. The summed E-state index contributed by atoms with van der Waals surface area (Å²) in [5.41, 5.74) is 1.87. The number of carbonyl (C=O) groups is 1. The molecule has 0 fully saturated rings. The van der Waals surface area contributed by atoms with Crippen LogP contribution in [0.15, 0.2) is 12.4 Å². The number of hydrogen-bond acceptors (Lipinski definition) is 4. The Morgan fingerprint density at radius 2 is 1.95 bits per heavy atom. The molecule has 0 saturated carbocycles. The molecule has 0 spiro atoms.